The number of rotatable bonds is 4. The number of nitrogens with zero attached hydrogens (tertiary/aromatic N) is 2. The molecular formula is C13H20F3N3. The molecule has 0 aromatic carbocycles. The Balaban J connectivity index is 1.98. The van der Waals surface area contributed by atoms with Crippen molar-refractivity contribution in [2.24, 2.45) is 0 Å². The number of nitrogens with one attached hydrogen (secondary N) is 1. The van der Waals surface area contributed by atoms with Gasteiger partial charge in [0.1, 0.15) is 0 Å². The van der Waals surface area contributed by atoms with Gasteiger partial charge in [-0.05, 0) is 19.8 Å². The van der Waals surface area contributed by atoms with Crippen LogP contribution in [0.1, 0.15) is 44.2 Å². The summed E-state index contributed by atoms with van der Waals surface area (Å²) in [5.74, 6) is 0.577. The van der Waals surface area contributed by atoms with E-state index < -0.39 is 12.6 Å². The third kappa shape index (κ3) is 4.44. The molecule has 0 spiro atoms. The Morgan fingerprint density at radius 2 is 2.00 bits per heavy atom. The molecule has 0 radical (unpaired) electrons. The number of halogens is 3. The second kappa shape index (κ2) is 5.84. The van der Waals surface area contributed by atoms with Crippen molar-refractivity contribution in [3.8, 4) is 0 Å². The summed E-state index contributed by atoms with van der Waals surface area (Å²) in [5.41, 5.74) is 0.750. The second-order valence-corrected chi connectivity index (χ2v) is 5.24. The molecule has 1 heterocycles. The summed E-state index contributed by atoms with van der Waals surface area (Å²) in [5, 5.41) is 3.29. The van der Waals surface area contributed by atoms with Gasteiger partial charge in [-0.3, -0.25) is 0 Å². The Bertz CT molecular complexity index is 406. The van der Waals surface area contributed by atoms with Crippen LogP contribution in [0.2, 0.25) is 0 Å². The molecule has 2 rings (SSSR count). The van der Waals surface area contributed by atoms with E-state index in [-0.39, 0.29) is 6.54 Å². The smallest absolute Gasteiger partial charge is 0.353 e. The quantitative estimate of drug-likeness (QED) is 0.903. The fourth-order valence-corrected chi connectivity index (χ4v) is 2.51. The second-order valence-electron chi connectivity index (χ2n) is 5.24. The van der Waals surface area contributed by atoms with E-state index in [9.17, 15) is 13.2 Å². The lowest BCUT2D eigenvalue weighted by Crippen LogP contribution is -2.24. The Kier molecular flexibility index (Phi) is 4.37. The maximum absolute atomic E-state index is 12.3. The van der Waals surface area contributed by atoms with Crippen LogP contribution in [0.3, 0.4) is 0 Å². The first kappa shape index (κ1) is 14.2. The molecule has 6 heteroatoms. The van der Waals surface area contributed by atoms with Crippen molar-refractivity contribution >= 4 is 5.95 Å². The maximum Gasteiger partial charge on any atom is 0.390 e. The molecule has 0 amide bonds. The van der Waals surface area contributed by atoms with Crippen LogP contribution in [0.25, 0.3) is 0 Å². The molecule has 1 aromatic rings. The Hall–Kier alpha value is -1.20. The van der Waals surface area contributed by atoms with Crippen LogP contribution in [0.15, 0.2) is 6.20 Å². The summed E-state index contributed by atoms with van der Waals surface area (Å²) in [7, 11) is 0. The van der Waals surface area contributed by atoms with Crippen LogP contribution >= 0.6 is 0 Å². The lowest BCUT2D eigenvalue weighted by atomic mass is 9.96. The largest absolute Gasteiger partial charge is 0.390 e. The van der Waals surface area contributed by atoms with Crippen molar-refractivity contribution < 1.29 is 13.2 Å². The molecule has 0 aliphatic heterocycles. The fraction of sp³-hybridized carbons (Fsp3) is 0.769. The molecule has 1 N–H and O–H groups in total. The zero-order chi connectivity index (χ0) is 13.9. The molecule has 1 fully saturated rings. The summed E-state index contributed by atoms with van der Waals surface area (Å²) >= 11 is 0. The SMILES string of the molecule is Cc1cn(CCC(F)(F)F)c(NC2CCCCC2)n1. The van der Waals surface area contributed by atoms with Gasteiger partial charge in [-0.1, -0.05) is 19.3 Å². The summed E-state index contributed by atoms with van der Waals surface area (Å²) in [6.07, 6.45) is 2.50. The van der Waals surface area contributed by atoms with Gasteiger partial charge in [-0.2, -0.15) is 13.2 Å². The van der Waals surface area contributed by atoms with Crippen LogP contribution in [-0.2, 0) is 6.54 Å². The van der Waals surface area contributed by atoms with Gasteiger partial charge in [0.2, 0.25) is 5.95 Å². The number of imidazole rings is 1. The minimum atomic E-state index is -4.12. The third-order valence-electron chi connectivity index (χ3n) is 3.47. The number of anilines is 1. The fourth-order valence-electron chi connectivity index (χ4n) is 2.51. The minimum Gasteiger partial charge on any atom is -0.353 e. The number of aromatic nitrogens is 2. The summed E-state index contributed by atoms with van der Waals surface area (Å²) in [6, 6.07) is 0.347. The lowest BCUT2D eigenvalue weighted by molar-refractivity contribution is -0.136. The van der Waals surface area contributed by atoms with Crippen molar-refractivity contribution in [2.45, 2.75) is 64.2 Å². The van der Waals surface area contributed by atoms with Gasteiger partial charge in [-0.25, -0.2) is 4.98 Å². The van der Waals surface area contributed by atoms with E-state index in [0.717, 1.165) is 18.5 Å². The Labute approximate surface area is 111 Å². The zero-order valence-electron chi connectivity index (χ0n) is 11.1. The zero-order valence-corrected chi connectivity index (χ0v) is 11.1. The Morgan fingerprint density at radius 1 is 1.32 bits per heavy atom. The van der Waals surface area contributed by atoms with Crippen molar-refractivity contribution in [1.82, 2.24) is 9.55 Å². The average Bonchev–Trinajstić information content (AvgIpc) is 2.67. The lowest BCUT2D eigenvalue weighted by Gasteiger charge is -2.23. The van der Waals surface area contributed by atoms with Gasteiger partial charge in [0.05, 0.1) is 12.1 Å². The predicted octanol–water partition coefficient (Wildman–Crippen LogP) is 3.89. The van der Waals surface area contributed by atoms with Crippen molar-refractivity contribution in [2.75, 3.05) is 5.32 Å². The minimum absolute atomic E-state index is 0.0700. The van der Waals surface area contributed by atoms with Gasteiger partial charge < -0.3 is 9.88 Å². The van der Waals surface area contributed by atoms with E-state index in [1.54, 1.807) is 17.7 Å². The number of hydrogen-bond acceptors (Lipinski definition) is 2. The normalized spacial score (nSPS) is 17.7. The Morgan fingerprint density at radius 3 is 2.63 bits per heavy atom. The monoisotopic (exact) mass is 275 g/mol. The number of aryl methyl sites for hydroxylation is 2. The summed E-state index contributed by atoms with van der Waals surface area (Å²) in [6.45, 7) is 1.73. The van der Waals surface area contributed by atoms with Crippen LogP contribution in [-0.4, -0.2) is 21.8 Å². The van der Waals surface area contributed by atoms with Gasteiger partial charge in [0.25, 0.3) is 0 Å². The molecule has 0 unspecified atom stereocenters. The highest BCUT2D eigenvalue weighted by Crippen LogP contribution is 2.24. The number of hydrogen-bond donors (Lipinski definition) is 1. The van der Waals surface area contributed by atoms with Crippen molar-refractivity contribution in [3.63, 3.8) is 0 Å². The van der Waals surface area contributed by atoms with Crippen LogP contribution < -0.4 is 5.32 Å². The highest BCUT2D eigenvalue weighted by Gasteiger charge is 2.27. The van der Waals surface area contributed by atoms with E-state index in [0.29, 0.717) is 12.0 Å². The topological polar surface area (TPSA) is 29.9 Å². The molecular weight excluding hydrogens is 255 g/mol. The highest BCUT2D eigenvalue weighted by atomic mass is 19.4. The number of alkyl halides is 3. The van der Waals surface area contributed by atoms with Crippen LogP contribution in [0.4, 0.5) is 19.1 Å². The van der Waals surface area contributed by atoms with Crippen molar-refractivity contribution in [3.05, 3.63) is 11.9 Å². The van der Waals surface area contributed by atoms with Crippen molar-refractivity contribution in [1.29, 1.82) is 0 Å². The van der Waals surface area contributed by atoms with Gasteiger partial charge in [0, 0.05) is 18.8 Å². The molecule has 0 saturated heterocycles. The van der Waals surface area contributed by atoms with E-state index in [4.69, 9.17) is 0 Å². The molecule has 0 bridgehead atoms. The first-order valence-corrected chi connectivity index (χ1v) is 6.81. The van der Waals surface area contributed by atoms with Gasteiger partial charge >= 0.3 is 6.18 Å². The maximum atomic E-state index is 12.3. The predicted molar refractivity (Wildman–Crippen MR) is 68.1 cm³/mol. The van der Waals surface area contributed by atoms with Gasteiger partial charge in [0.15, 0.2) is 0 Å². The molecule has 1 saturated carbocycles. The van der Waals surface area contributed by atoms with Gasteiger partial charge in [-0.15, -0.1) is 0 Å². The summed E-state index contributed by atoms with van der Waals surface area (Å²) < 4.78 is 38.4. The molecule has 1 aliphatic rings. The van der Waals surface area contributed by atoms with Crippen LogP contribution in [0, 0.1) is 6.92 Å². The standard InChI is InChI=1S/C13H20F3N3/c1-10-9-19(8-7-13(14,15)16)12(17-10)18-11-5-3-2-4-6-11/h9,11H,2-8H2,1H3,(H,17,18). The average molecular weight is 275 g/mol. The van der Waals surface area contributed by atoms with E-state index >= 15 is 0 Å². The molecule has 3 nitrogen and oxygen atoms in total. The third-order valence-corrected chi connectivity index (χ3v) is 3.47. The molecule has 1 aliphatic carbocycles. The van der Waals surface area contributed by atoms with E-state index in [2.05, 4.69) is 10.3 Å². The summed E-state index contributed by atoms with van der Waals surface area (Å²) in [4.78, 5) is 4.29. The highest BCUT2D eigenvalue weighted by molar-refractivity contribution is 5.30. The first-order valence-electron chi connectivity index (χ1n) is 6.81. The molecule has 108 valence electrons. The molecule has 19 heavy (non-hydrogen) atoms. The first-order chi connectivity index (χ1) is 8.94. The van der Waals surface area contributed by atoms with E-state index in [1.807, 2.05) is 0 Å². The van der Waals surface area contributed by atoms with E-state index in [1.165, 1.54) is 19.3 Å². The van der Waals surface area contributed by atoms with Crippen LogP contribution in [0.5, 0.6) is 0 Å². The molecule has 1 aromatic heterocycles. The molecule has 0 atom stereocenters.